The Hall–Kier alpha value is -3.15. The van der Waals surface area contributed by atoms with Crippen molar-refractivity contribution in [2.75, 3.05) is 13.2 Å². The van der Waals surface area contributed by atoms with E-state index < -0.39 is 6.10 Å². The average Bonchev–Trinajstić information content (AvgIpc) is 3.33. The molecule has 0 rings (SSSR count). The van der Waals surface area contributed by atoms with Crippen molar-refractivity contribution in [3.8, 4) is 0 Å². The molecule has 0 aromatic heterocycles. The van der Waals surface area contributed by atoms with Gasteiger partial charge in [-0.05, 0) is 89.9 Å². The summed E-state index contributed by atoms with van der Waals surface area (Å²) in [6.45, 7) is 6.55. The molecule has 0 radical (unpaired) electrons. The molecule has 0 aliphatic heterocycles. The molecule has 0 amide bonds. The molecule has 6 heteroatoms. The van der Waals surface area contributed by atoms with Crippen LogP contribution in [0.25, 0.3) is 0 Å². The van der Waals surface area contributed by atoms with Crippen molar-refractivity contribution in [2.45, 2.75) is 284 Å². The highest BCUT2D eigenvalue weighted by Crippen LogP contribution is 2.16. The Kier molecular flexibility index (Phi) is 52.8. The van der Waals surface area contributed by atoms with Crippen molar-refractivity contribution in [3.05, 3.63) is 72.9 Å². The predicted octanol–water partition coefficient (Wildman–Crippen LogP) is 19.0. The number of rotatable bonds is 51. The fraction of sp³-hybridized carbons (Fsp3) is 0.754. The largest absolute Gasteiger partial charge is 0.462 e. The third-order valence-corrected chi connectivity index (χ3v) is 12.2. The van der Waals surface area contributed by atoms with Crippen molar-refractivity contribution < 1.29 is 28.6 Å². The number of hydrogen-bond acceptors (Lipinski definition) is 6. The summed E-state index contributed by atoms with van der Waals surface area (Å²) in [5, 5.41) is 0. The lowest BCUT2D eigenvalue weighted by Gasteiger charge is -2.18. The van der Waals surface area contributed by atoms with E-state index in [0.717, 1.165) is 89.9 Å². The number of allylic oxidation sites excluding steroid dienone is 12. The Morgan fingerprint density at radius 2 is 0.552 bits per heavy atom. The number of esters is 3. The van der Waals surface area contributed by atoms with Crippen molar-refractivity contribution in [2.24, 2.45) is 0 Å². The van der Waals surface area contributed by atoms with Crippen LogP contribution in [0, 0.1) is 0 Å². The quantitative estimate of drug-likeness (QED) is 0.0262. The standard InChI is InChI=1S/C61H106O6/c1-4-7-10-13-16-19-22-25-28-30-33-36-39-42-45-48-51-54-60(63)66-57-58(56-65-59(62)53-50-47-44-41-38-35-32-27-24-21-18-15-12-9-6-3)67-61(64)55-52-49-46-43-40-37-34-31-29-26-23-20-17-14-11-8-5-2/h16,18-19,21,25,27-28,32-33,36,42,45,58H,4-15,17,20,22-24,26,29-31,34-35,37-41,43-44,46-57H2,1-3H3. The van der Waals surface area contributed by atoms with Gasteiger partial charge in [0.15, 0.2) is 6.10 Å². The molecule has 1 unspecified atom stereocenters. The third-order valence-electron chi connectivity index (χ3n) is 12.2. The summed E-state index contributed by atoms with van der Waals surface area (Å²) < 4.78 is 16.8. The number of hydrogen-bond donors (Lipinski definition) is 0. The maximum absolute atomic E-state index is 12.8. The highest BCUT2D eigenvalue weighted by atomic mass is 16.6. The van der Waals surface area contributed by atoms with Crippen molar-refractivity contribution >= 4 is 17.9 Å². The summed E-state index contributed by atoms with van der Waals surface area (Å²) in [6.07, 6.45) is 70.3. The van der Waals surface area contributed by atoms with E-state index in [-0.39, 0.29) is 37.5 Å². The Bertz CT molecular complexity index is 1260. The minimum atomic E-state index is -0.802. The van der Waals surface area contributed by atoms with Gasteiger partial charge in [-0.1, -0.05) is 241 Å². The van der Waals surface area contributed by atoms with E-state index in [4.69, 9.17) is 14.2 Å². The van der Waals surface area contributed by atoms with Gasteiger partial charge >= 0.3 is 17.9 Å². The summed E-state index contributed by atoms with van der Waals surface area (Å²) in [5.74, 6) is -0.959. The molecule has 0 saturated heterocycles. The van der Waals surface area contributed by atoms with E-state index in [1.54, 1.807) is 0 Å². The molecule has 0 fully saturated rings. The van der Waals surface area contributed by atoms with E-state index >= 15 is 0 Å². The zero-order chi connectivity index (χ0) is 48.6. The fourth-order valence-electron chi connectivity index (χ4n) is 7.88. The molecular formula is C61H106O6. The van der Waals surface area contributed by atoms with Gasteiger partial charge in [0, 0.05) is 19.3 Å². The van der Waals surface area contributed by atoms with Crippen LogP contribution in [0.3, 0.4) is 0 Å². The van der Waals surface area contributed by atoms with Crippen molar-refractivity contribution in [1.82, 2.24) is 0 Å². The van der Waals surface area contributed by atoms with Gasteiger partial charge in [-0.25, -0.2) is 0 Å². The topological polar surface area (TPSA) is 78.9 Å². The van der Waals surface area contributed by atoms with Crippen LogP contribution in [0.2, 0.25) is 0 Å². The molecule has 0 aliphatic rings. The zero-order valence-electron chi connectivity index (χ0n) is 44.2. The Morgan fingerprint density at radius 1 is 0.299 bits per heavy atom. The first-order valence-corrected chi connectivity index (χ1v) is 28.4. The highest BCUT2D eigenvalue weighted by Gasteiger charge is 2.19. The first-order chi connectivity index (χ1) is 33.0. The molecular weight excluding hydrogens is 829 g/mol. The van der Waals surface area contributed by atoms with Gasteiger partial charge in [0.05, 0.1) is 0 Å². The summed E-state index contributed by atoms with van der Waals surface area (Å²) in [5.41, 5.74) is 0. The molecule has 0 saturated carbocycles. The van der Waals surface area contributed by atoms with E-state index in [0.29, 0.717) is 19.3 Å². The summed E-state index contributed by atoms with van der Waals surface area (Å²) in [6, 6.07) is 0. The van der Waals surface area contributed by atoms with E-state index in [9.17, 15) is 14.4 Å². The van der Waals surface area contributed by atoms with Crippen LogP contribution in [-0.2, 0) is 28.6 Å². The summed E-state index contributed by atoms with van der Waals surface area (Å²) in [4.78, 5) is 38.1. The molecule has 0 aromatic rings. The second kappa shape index (κ2) is 55.4. The molecule has 67 heavy (non-hydrogen) atoms. The average molecular weight is 936 g/mol. The van der Waals surface area contributed by atoms with Gasteiger partial charge < -0.3 is 14.2 Å². The molecule has 0 heterocycles. The number of carbonyl (C=O) groups excluding carboxylic acids is 3. The van der Waals surface area contributed by atoms with E-state index in [1.807, 2.05) is 0 Å². The van der Waals surface area contributed by atoms with E-state index in [2.05, 4.69) is 93.7 Å². The summed E-state index contributed by atoms with van der Waals surface area (Å²) >= 11 is 0. The summed E-state index contributed by atoms with van der Waals surface area (Å²) in [7, 11) is 0. The van der Waals surface area contributed by atoms with Crippen LogP contribution in [0.15, 0.2) is 72.9 Å². The molecule has 386 valence electrons. The van der Waals surface area contributed by atoms with Gasteiger partial charge in [-0.15, -0.1) is 0 Å². The van der Waals surface area contributed by atoms with Gasteiger partial charge in [0.2, 0.25) is 0 Å². The predicted molar refractivity (Wildman–Crippen MR) is 288 cm³/mol. The maximum Gasteiger partial charge on any atom is 0.306 e. The van der Waals surface area contributed by atoms with Crippen LogP contribution < -0.4 is 0 Å². The fourth-order valence-corrected chi connectivity index (χ4v) is 7.88. The molecule has 0 bridgehead atoms. The lowest BCUT2D eigenvalue weighted by atomic mass is 10.0. The zero-order valence-corrected chi connectivity index (χ0v) is 44.2. The molecule has 0 aromatic carbocycles. The maximum atomic E-state index is 12.8. The van der Waals surface area contributed by atoms with Crippen LogP contribution in [0.5, 0.6) is 0 Å². The Balaban J connectivity index is 4.47. The Labute approximate surface area is 414 Å². The normalized spacial score (nSPS) is 12.6. The van der Waals surface area contributed by atoms with Crippen LogP contribution in [0.4, 0.5) is 0 Å². The second-order valence-electron chi connectivity index (χ2n) is 18.8. The SMILES string of the molecule is CCCCCC=CCC=CCC=CCC=CCCCC(=O)OCC(COC(=O)CCCCCCCC=CCC=CCCCCC)OC(=O)CCCCCCCCCCCCCCCCCCC. The number of carbonyl (C=O) groups is 3. The lowest BCUT2D eigenvalue weighted by molar-refractivity contribution is -0.167. The van der Waals surface area contributed by atoms with Crippen LogP contribution >= 0.6 is 0 Å². The number of unbranched alkanes of at least 4 members (excludes halogenated alkanes) is 28. The molecule has 1 atom stereocenters. The van der Waals surface area contributed by atoms with Crippen LogP contribution in [0.1, 0.15) is 278 Å². The van der Waals surface area contributed by atoms with Gasteiger partial charge in [0.1, 0.15) is 13.2 Å². The van der Waals surface area contributed by atoms with Crippen molar-refractivity contribution in [1.29, 1.82) is 0 Å². The molecule has 0 N–H and O–H groups in total. The lowest BCUT2D eigenvalue weighted by Crippen LogP contribution is -2.30. The van der Waals surface area contributed by atoms with Gasteiger partial charge in [-0.3, -0.25) is 14.4 Å². The van der Waals surface area contributed by atoms with Gasteiger partial charge in [-0.2, -0.15) is 0 Å². The molecule has 0 aliphatic carbocycles. The minimum Gasteiger partial charge on any atom is -0.462 e. The van der Waals surface area contributed by atoms with E-state index in [1.165, 1.54) is 141 Å². The third kappa shape index (κ3) is 53.7. The van der Waals surface area contributed by atoms with Crippen molar-refractivity contribution in [3.63, 3.8) is 0 Å². The molecule has 0 spiro atoms. The second-order valence-corrected chi connectivity index (χ2v) is 18.8. The monoisotopic (exact) mass is 935 g/mol. The first kappa shape index (κ1) is 63.8. The first-order valence-electron chi connectivity index (χ1n) is 28.4. The van der Waals surface area contributed by atoms with Gasteiger partial charge in [0.25, 0.3) is 0 Å². The highest BCUT2D eigenvalue weighted by molar-refractivity contribution is 5.71. The number of ether oxygens (including phenoxy) is 3. The van der Waals surface area contributed by atoms with Crippen LogP contribution in [-0.4, -0.2) is 37.2 Å². The Morgan fingerprint density at radius 3 is 0.925 bits per heavy atom. The minimum absolute atomic E-state index is 0.0978. The molecule has 6 nitrogen and oxygen atoms in total. The smallest absolute Gasteiger partial charge is 0.306 e.